The molecule has 0 aliphatic carbocycles. The summed E-state index contributed by atoms with van der Waals surface area (Å²) in [5.74, 6) is 0.921. The Morgan fingerprint density at radius 3 is 2.84 bits per heavy atom. The van der Waals surface area contributed by atoms with E-state index >= 15 is 0 Å². The first kappa shape index (κ1) is 11.2. The normalized spacial score (nSPS) is 29.8. The molecule has 19 heavy (non-hydrogen) atoms. The SMILES string of the molecule is Cn1ncc2c(NC3CC4CCC(C3)N4)ncnc21. The number of hydrogen-bond acceptors (Lipinski definition) is 5. The van der Waals surface area contributed by atoms with Gasteiger partial charge in [-0.2, -0.15) is 5.10 Å². The third kappa shape index (κ3) is 1.87. The first-order valence-corrected chi connectivity index (χ1v) is 6.95. The van der Waals surface area contributed by atoms with Gasteiger partial charge in [0.05, 0.1) is 11.6 Å². The average molecular weight is 258 g/mol. The zero-order valence-corrected chi connectivity index (χ0v) is 11.0. The Balaban J connectivity index is 1.61. The Hall–Kier alpha value is -1.69. The van der Waals surface area contributed by atoms with Crippen LogP contribution in [0.5, 0.6) is 0 Å². The number of fused-ring (bicyclic) bond motifs is 3. The van der Waals surface area contributed by atoms with E-state index in [2.05, 4.69) is 25.7 Å². The monoisotopic (exact) mass is 258 g/mol. The van der Waals surface area contributed by atoms with Crippen molar-refractivity contribution in [3.8, 4) is 0 Å². The van der Waals surface area contributed by atoms with Crippen molar-refractivity contribution in [2.24, 2.45) is 7.05 Å². The molecule has 2 aliphatic rings. The van der Waals surface area contributed by atoms with Gasteiger partial charge in [-0.15, -0.1) is 0 Å². The molecule has 100 valence electrons. The first-order valence-electron chi connectivity index (χ1n) is 6.95. The lowest BCUT2D eigenvalue weighted by Crippen LogP contribution is -2.43. The molecule has 2 N–H and O–H groups in total. The van der Waals surface area contributed by atoms with Crippen LogP contribution in [0.1, 0.15) is 25.7 Å². The molecule has 0 radical (unpaired) electrons. The lowest BCUT2D eigenvalue weighted by atomic mass is 10.00. The fraction of sp³-hybridized carbons (Fsp3) is 0.615. The zero-order valence-electron chi connectivity index (χ0n) is 11.0. The maximum absolute atomic E-state index is 4.39. The quantitative estimate of drug-likeness (QED) is 0.843. The fourth-order valence-corrected chi connectivity index (χ4v) is 3.45. The molecule has 0 spiro atoms. The van der Waals surface area contributed by atoms with E-state index in [-0.39, 0.29) is 0 Å². The fourth-order valence-electron chi connectivity index (χ4n) is 3.45. The second kappa shape index (κ2) is 4.16. The van der Waals surface area contributed by atoms with Crippen LogP contribution in [-0.4, -0.2) is 37.9 Å². The van der Waals surface area contributed by atoms with Gasteiger partial charge in [0, 0.05) is 25.2 Å². The molecule has 6 nitrogen and oxygen atoms in total. The molecule has 4 heterocycles. The van der Waals surface area contributed by atoms with Crippen molar-refractivity contribution in [2.75, 3.05) is 5.32 Å². The highest BCUT2D eigenvalue weighted by molar-refractivity contribution is 5.86. The number of rotatable bonds is 2. The second-order valence-electron chi connectivity index (χ2n) is 5.68. The number of hydrogen-bond donors (Lipinski definition) is 2. The molecule has 2 atom stereocenters. The first-order chi connectivity index (χ1) is 9.29. The molecular weight excluding hydrogens is 240 g/mol. The molecule has 2 aromatic rings. The van der Waals surface area contributed by atoms with Crippen molar-refractivity contribution in [1.29, 1.82) is 0 Å². The van der Waals surface area contributed by atoms with Gasteiger partial charge < -0.3 is 10.6 Å². The minimum absolute atomic E-state index is 0.511. The summed E-state index contributed by atoms with van der Waals surface area (Å²) in [6, 6.07) is 1.88. The molecule has 0 amide bonds. The van der Waals surface area contributed by atoms with Gasteiger partial charge in [0.2, 0.25) is 0 Å². The van der Waals surface area contributed by atoms with Crippen LogP contribution in [0, 0.1) is 0 Å². The third-order valence-electron chi connectivity index (χ3n) is 4.34. The lowest BCUT2D eigenvalue weighted by molar-refractivity contribution is 0.378. The van der Waals surface area contributed by atoms with Crippen LogP contribution in [0.3, 0.4) is 0 Å². The van der Waals surface area contributed by atoms with E-state index in [0.717, 1.165) is 16.9 Å². The number of aryl methyl sites for hydroxylation is 1. The molecule has 2 saturated heterocycles. The molecule has 6 heteroatoms. The summed E-state index contributed by atoms with van der Waals surface area (Å²) in [5, 5.41) is 12.5. The van der Waals surface area contributed by atoms with Crippen LogP contribution in [-0.2, 0) is 7.05 Å². The summed E-state index contributed by atoms with van der Waals surface area (Å²) in [6.45, 7) is 0. The van der Waals surface area contributed by atoms with Crippen molar-refractivity contribution < 1.29 is 0 Å². The van der Waals surface area contributed by atoms with Gasteiger partial charge in [-0.05, 0) is 25.7 Å². The van der Waals surface area contributed by atoms with Gasteiger partial charge in [0.15, 0.2) is 5.65 Å². The minimum atomic E-state index is 0.511. The predicted octanol–water partition coefficient (Wildman–Crippen LogP) is 1.06. The highest BCUT2D eigenvalue weighted by Gasteiger charge is 2.33. The van der Waals surface area contributed by atoms with E-state index in [9.17, 15) is 0 Å². The predicted molar refractivity (Wildman–Crippen MR) is 72.9 cm³/mol. The van der Waals surface area contributed by atoms with Gasteiger partial charge in [-0.3, -0.25) is 4.68 Å². The summed E-state index contributed by atoms with van der Waals surface area (Å²) < 4.78 is 1.79. The Morgan fingerprint density at radius 2 is 2.05 bits per heavy atom. The maximum atomic E-state index is 4.39. The number of anilines is 1. The Morgan fingerprint density at radius 1 is 1.26 bits per heavy atom. The molecule has 2 fully saturated rings. The van der Waals surface area contributed by atoms with Crippen LogP contribution in [0.4, 0.5) is 5.82 Å². The van der Waals surface area contributed by atoms with E-state index in [1.54, 1.807) is 11.0 Å². The van der Waals surface area contributed by atoms with Crippen LogP contribution in [0.15, 0.2) is 12.5 Å². The van der Waals surface area contributed by atoms with E-state index in [1.165, 1.54) is 25.7 Å². The summed E-state index contributed by atoms with van der Waals surface area (Å²) in [5.41, 5.74) is 0.884. The maximum Gasteiger partial charge on any atom is 0.163 e. The average Bonchev–Trinajstić information content (AvgIpc) is 2.95. The van der Waals surface area contributed by atoms with Crippen LogP contribution < -0.4 is 10.6 Å². The van der Waals surface area contributed by atoms with Crippen molar-refractivity contribution >= 4 is 16.9 Å². The van der Waals surface area contributed by atoms with Crippen molar-refractivity contribution in [3.05, 3.63) is 12.5 Å². The summed E-state index contributed by atoms with van der Waals surface area (Å²) in [4.78, 5) is 8.66. The molecule has 2 aliphatic heterocycles. The van der Waals surface area contributed by atoms with Gasteiger partial charge in [0.1, 0.15) is 12.1 Å². The van der Waals surface area contributed by atoms with Crippen LogP contribution in [0.25, 0.3) is 11.0 Å². The van der Waals surface area contributed by atoms with Crippen molar-refractivity contribution in [1.82, 2.24) is 25.1 Å². The Labute approximate surface area is 111 Å². The highest BCUT2D eigenvalue weighted by atomic mass is 15.3. The summed E-state index contributed by atoms with van der Waals surface area (Å²) in [7, 11) is 1.91. The molecule has 4 rings (SSSR count). The molecule has 2 unspecified atom stereocenters. The standard InChI is InChI=1S/C13H18N6/c1-19-13-11(6-16-19)12(14-7-15-13)18-10-4-8-2-3-9(5-10)17-8/h6-10,17H,2-5H2,1H3,(H,14,15,18). The number of piperidine rings is 1. The van der Waals surface area contributed by atoms with Crippen LogP contribution >= 0.6 is 0 Å². The van der Waals surface area contributed by atoms with Crippen molar-refractivity contribution in [3.63, 3.8) is 0 Å². The van der Waals surface area contributed by atoms with E-state index < -0.39 is 0 Å². The van der Waals surface area contributed by atoms with Crippen LogP contribution in [0.2, 0.25) is 0 Å². The molecular formula is C13H18N6. The van der Waals surface area contributed by atoms with Crippen molar-refractivity contribution in [2.45, 2.75) is 43.8 Å². The Kier molecular flexibility index (Phi) is 2.44. The number of aromatic nitrogens is 4. The highest BCUT2D eigenvalue weighted by Crippen LogP contribution is 2.29. The number of nitrogens with one attached hydrogen (secondary N) is 2. The van der Waals surface area contributed by atoms with Gasteiger partial charge in [-0.25, -0.2) is 9.97 Å². The van der Waals surface area contributed by atoms with Gasteiger partial charge >= 0.3 is 0 Å². The second-order valence-corrected chi connectivity index (χ2v) is 5.68. The smallest absolute Gasteiger partial charge is 0.163 e. The lowest BCUT2D eigenvalue weighted by Gasteiger charge is -2.30. The topological polar surface area (TPSA) is 67.7 Å². The summed E-state index contributed by atoms with van der Waals surface area (Å²) in [6.07, 6.45) is 8.45. The minimum Gasteiger partial charge on any atom is -0.367 e. The van der Waals surface area contributed by atoms with E-state index in [0.29, 0.717) is 18.1 Å². The Bertz CT molecular complexity index is 594. The van der Waals surface area contributed by atoms with E-state index in [4.69, 9.17) is 0 Å². The third-order valence-corrected chi connectivity index (χ3v) is 4.34. The molecule has 2 bridgehead atoms. The van der Waals surface area contributed by atoms with Gasteiger partial charge in [0.25, 0.3) is 0 Å². The summed E-state index contributed by atoms with van der Waals surface area (Å²) >= 11 is 0. The molecule has 0 saturated carbocycles. The van der Waals surface area contributed by atoms with E-state index in [1.807, 2.05) is 13.2 Å². The zero-order chi connectivity index (χ0) is 12.8. The molecule has 0 aromatic carbocycles. The van der Waals surface area contributed by atoms with Gasteiger partial charge in [-0.1, -0.05) is 0 Å². The molecule has 2 aromatic heterocycles. The largest absolute Gasteiger partial charge is 0.367 e. The number of nitrogens with zero attached hydrogens (tertiary/aromatic N) is 4.